The number of anilines is 1. The molecule has 9 heteroatoms. The molecule has 0 aliphatic carbocycles. The van der Waals surface area contributed by atoms with Crippen molar-refractivity contribution < 1.29 is 14.6 Å². The summed E-state index contributed by atoms with van der Waals surface area (Å²) in [5.74, 6) is 0.244. The van der Waals surface area contributed by atoms with Crippen molar-refractivity contribution in [1.29, 1.82) is 0 Å². The van der Waals surface area contributed by atoms with Gasteiger partial charge in [0.1, 0.15) is 23.7 Å². The Bertz CT molecular complexity index is 1280. The number of aromatic nitrogens is 3. The highest BCUT2D eigenvalue weighted by atomic mass is 35.5. The van der Waals surface area contributed by atoms with Crippen LogP contribution in [0.15, 0.2) is 67.3 Å². The second-order valence-corrected chi connectivity index (χ2v) is 8.31. The van der Waals surface area contributed by atoms with Crippen LogP contribution in [0.25, 0.3) is 16.6 Å². The first kappa shape index (κ1) is 20.6. The number of halogens is 2. The molecule has 162 valence electrons. The monoisotopic (exact) mass is 468 g/mol. The zero-order chi connectivity index (χ0) is 22.2. The molecular weight excluding hydrogens is 451 g/mol. The normalized spacial score (nSPS) is 18.2. The number of carboxylic acids is 1. The van der Waals surface area contributed by atoms with Crippen LogP contribution in [-0.2, 0) is 4.79 Å². The standard InChI is InChI=1S/C23H18Cl2N4O3/c24-17-7-6-16-18(28-9-8-26-13-28)11-20(27-22(16)21(17)25)29-12-15(10-19(29)23(30)31)32-14-4-2-1-3-5-14/h1-9,11,13,15,19H,10,12H2,(H,30,31)/t15-,19+/m1/s1. The average molecular weight is 469 g/mol. The van der Waals surface area contributed by atoms with Crippen LogP contribution >= 0.6 is 23.2 Å². The fourth-order valence-corrected chi connectivity index (χ4v) is 4.39. The van der Waals surface area contributed by atoms with E-state index in [9.17, 15) is 9.90 Å². The van der Waals surface area contributed by atoms with Crippen molar-refractivity contribution >= 4 is 45.9 Å². The SMILES string of the molecule is O=C(O)[C@@H]1C[C@@H](Oc2ccccc2)CN1c1cc(-n2ccnc2)c2ccc(Cl)c(Cl)c2n1. The molecule has 1 aliphatic heterocycles. The van der Waals surface area contributed by atoms with E-state index in [1.54, 1.807) is 29.7 Å². The smallest absolute Gasteiger partial charge is 0.326 e. The van der Waals surface area contributed by atoms with Gasteiger partial charge in [-0.05, 0) is 24.3 Å². The second-order valence-electron chi connectivity index (χ2n) is 7.52. The van der Waals surface area contributed by atoms with Crippen molar-refractivity contribution in [3.8, 4) is 11.4 Å². The van der Waals surface area contributed by atoms with Gasteiger partial charge in [0.25, 0.3) is 0 Å². The van der Waals surface area contributed by atoms with Gasteiger partial charge in [0.2, 0.25) is 0 Å². The van der Waals surface area contributed by atoms with Crippen LogP contribution in [0.4, 0.5) is 5.82 Å². The molecule has 2 aromatic carbocycles. The lowest BCUT2D eigenvalue weighted by Crippen LogP contribution is -2.36. The fraction of sp³-hybridized carbons (Fsp3) is 0.174. The molecule has 2 atom stereocenters. The molecule has 1 N–H and O–H groups in total. The number of pyridine rings is 1. The van der Waals surface area contributed by atoms with Crippen LogP contribution in [0.5, 0.6) is 5.75 Å². The van der Waals surface area contributed by atoms with Crippen LogP contribution in [0, 0.1) is 0 Å². The summed E-state index contributed by atoms with van der Waals surface area (Å²) in [6.45, 7) is 0.367. The van der Waals surface area contributed by atoms with Gasteiger partial charge in [-0.3, -0.25) is 0 Å². The van der Waals surface area contributed by atoms with Gasteiger partial charge in [0.15, 0.2) is 0 Å². The Hall–Kier alpha value is -3.29. The maximum absolute atomic E-state index is 12.1. The maximum atomic E-state index is 12.1. The van der Waals surface area contributed by atoms with E-state index in [1.807, 2.05) is 47.0 Å². The van der Waals surface area contributed by atoms with Crippen LogP contribution in [0.3, 0.4) is 0 Å². The number of benzene rings is 2. The van der Waals surface area contributed by atoms with Gasteiger partial charge < -0.3 is 19.3 Å². The minimum atomic E-state index is -0.938. The maximum Gasteiger partial charge on any atom is 0.326 e. The summed E-state index contributed by atoms with van der Waals surface area (Å²) in [6.07, 6.45) is 5.17. The predicted octanol–water partition coefficient (Wildman–Crippen LogP) is 4.84. The number of rotatable bonds is 5. The topological polar surface area (TPSA) is 80.5 Å². The van der Waals surface area contributed by atoms with Crippen LogP contribution in [0.2, 0.25) is 10.0 Å². The van der Waals surface area contributed by atoms with Crippen molar-refractivity contribution in [2.45, 2.75) is 18.6 Å². The van der Waals surface area contributed by atoms with Crippen LogP contribution in [0.1, 0.15) is 6.42 Å². The third kappa shape index (κ3) is 3.74. The molecule has 5 rings (SSSR count). The number of ether oxygens (including phenoxy) is 1. The number of aliphatic carboxylic acids is 1. The lowest BCUT2D eigenvalue weighted by Gasteiger charge is -2.24. The van der Waals surface area contributed by atoms with E-state index in [0.29, 0.717) is 40.1 Å². The molecule has 7 nitrogen and oxygen atoms in total. The lowest BCUT2D eigenvalue weighted by molar-refractivity contribution is -0.138. The second kappa shape index (κ2) is 8.33. The van der Waals surface area contributed by atoms with E-state index >= 15 is 0 Å². The zero-order valence-electron chi connectivity index (χ0n) is 16.7. The molecule has 0 radical (unpaired) electrons. The molecule has 4 aromatic rings. The Morgan fingerprint density at radius 3 is 2.69 bits per heavy atom. The molecule has 0 saturated carbocycles. The van der Waals surface area contributed by atoms with Gasteiger partial charge in [-0.1, -0.05) is 41.4 Å². The quantitative estimate of drug-likeness (QED) is 0.451. The van der Waals surface area contributed by atoms with Gasteiger partial charge in [-0.2, -0.15) is 0 Å². The molecule has 1 fully saturated rings. The Labute approximate surface area is 193 Å². The van der Waals surface area contributed by atoms with E-state index in [-0.39, 0.29) is 6.10 Å². The number of para-hydroxylation sites is 1. The van der Waals surface area contributed by atoms with Crippen LogP contribution < -0.4 is 9.64 Å². The Kier molecular flexibility index (Phi) is 5.36. The molecule has 0 spiro atoms. The van der Waals surface area contributed by atoms with Crippen LogP contribution in [-0.4, -0.2) is 44.3 Å². The predicted molar refractivity (Wildman–Crippen MR) is 123 cm³/mol. The minimum absolute atomic E-state index is 0.303. The minimum Gasteiger partial charge on any atom is -0.488 e. The third-order valence-electron chi connectivity index (χ3n) is 5.51. The Morgan fingerprint density at radius 2 is 1.97 bits per heavy atom. The zero-order valence-corrected chi connectivity index (χ0v) is 18.2. The largest absolute Gasteiger partial charge is 0.488 e. The fourth-order valence-electron chi connectivity index (χ4n) is 4.03. The van der Waals surface area contributed by atoms with Gasteiger partial charge in [0.05, 0.1) is 34.1 Å². The number of hydrogen-bond acceptors (Lipinski definition) is 5. The summed E-state index contributed by atoms with van der Waals surface area (Å²) in [5, 5.41) is 11.4. The molecule has 2 aromatic heterocycles. The highest BCUT2D eigenvalue weighted by Crippen LogP contribution is 2.36. The van der Waals surface area contributed by atoms with E-state index in [2.05, 4.69) is 4.98 Å². The summed E-state index contributed by atoms with van der Waals surface area (Å²) < 4.78 is 7.88. The van der Waals surface area contributed by atoms with Gasteiger partial charge >= 0.3 is 5.97 Å². The number of nitrogens with zero attached hydrogens (tertiary/aromatic N) is 4. The molecular formula is C23H18Cl2N4O3. The average Bonchev–Trinajstić information content (AvgIpc) is 3.47. The molecule has 32 heavy (non-hydrogen) atoms. The summed E-state index contributed by atoms with van der Waals surface area (Å²) in [4.78, 5) is 22.7. The molecule has 0 unspecified atom stereocenters. The van der Waals surface area contributed by atoms with Crippen molar-refractivity contribution in [2.75, 3.05) is 11.4 Å². The van der Waals surface area contributed by atoms with E-state index in [1.165, 1.54) is 0 Å². The highest BCUT2D eigenvalue weighted by molar-refractivity contribution is 6.45. The van der Waals surface area contributed by atoms with Crippen molar-refractivity contribution in [1.82, 2.24) is 14.5 Å². The van der Waals surface area contributed by atoms with Crippen molar-refractivity contribution in [2.24, 2.45) is 0 Å². The Balaban J connectivity index is 1.59. The van der Waals surface area contributed by atoms with Gasteiger partial charge in [-0.15, -0.1) is 0 Å². The van der Waals surface area contributed by atoms with E-state index in [0.717, 1.165) is 11.1 Å². The third-order valence-corrected chi connectivity index (χ3v) is 6.30. The van der Waals surface area contributed by atoms with Crippen molar-refractivity contribution in [3.05, 3.63) is 77.3 Å². The summed E-state index contributed by atoms with van der Waals surface area (Å²) in [7, 11) is 0. The molecule has 0 amide bonds. The first-order chi connectivity index (χ1) is 15.5. The van der Waals surface area contributed by atoms with Gasteiger partial charge in [0, 0.05) is 30.3 Å². The Morgan fingerprint density at radius 1 is 1.16 bits per heavy atom. The number of fused-ring (bicyclic) bond motifs is 1. The number of carbonyl (C=O) groups is 1. The molecule has 1 aliphatic rings. The summed E-state index contributed by atoms with van der Waals surface area (Å²) in [6, 6.07) is 14.0. The molecule has 1 saturated heterocycles. The first-order valence-electron chi connectivity index (χ1n) is 9.99. The van der Waals surface area contributed by atoms with Crippen molar-refractivity contribution in [3.63, 3.8) is 0 Å². The molecule has 0 bridgehead atoms. The number of imidazole rings is 1. The first-order valence-corrected chi connectivity index (χ1v) is 10.7. The lowest BCUT2D eigenvalue weighted by atomic mass is 10.1. The van der Waals surface area contributed by atoms with Gasteiger partial charge in [-0.25, -0.2) is 14.8 Å². The van der Waals surface area contributed by atoms with E-state index < -0.39 is 12.0 Å². The highest BCUT2D eigenvalue weighted by Gasteiger charge is 2.39. The summed E-state index contributed by atoms with van der Waals surface area (Å²) >= 11 is 12.7. The van der Waals surface area contributed by atoms with E-state index in [4.69, 9.17) is 32.9 Å². The molecule has 3 heterocycles. The summed E-state index contributed by atoms with van der Waals surface area (Å²) in [5.41, 5.74) is 1.27. The number of carboxylic acid groups (broad SMARTS) is 1. The number of hydrogen-bond donors (Lipinski definition) is 1.